The van der Waals surface area contributed by atoms with Crippen LogP contribution in [0, 0.1) is 6.92 Å². The number of benzene rings is 1. The summed E-state index contributed by atoms with van der Waals surface area (Å²) in [5.74, 6) is 0.556. The second-order valence-electron chi connectivity index (χ2n) is 6.61. The fourth-order valence-electron chi connectivity index (χ4n) is 2.82. The number of amides is 1. The largest absolute Gasteiger partial charge is 0.467 e. The average molecular weight is 445 g/mol. The number of hydrogen-bond acceptors (Lipinski definition) is 7. The van der Waals surface area contributed by atoms with Crippen LogP contribution in [0.15, 0.2) is 61.6 Å². The molecule has 154 valence electrons. The lowest BCUT2D eigenvalue weighted by atomic mass is 10.2. The molecule has 4 aromatic rings. The van der Waals surface area contributed by atoms with Crippen LogP contribution in [0.4, 0.5) is 5.88 Å². The molecule has 4 rings (SSSR count). The van der Waals surface area contributed by atoms with Gasteiger partial charge in [-0.1, -0.05) is 28.5 Å². The zero-order valence-corrected chi connectivity index (χ0v) is 17.7. The van der Waals surface area contributed by atoms with Crippen molar-refractivity contribution in [3.05, 3.63) is 69.5 Å². The molecule has 0 radical (unpaired) electrons. The number of carbonyl (C=O) groups excluding carboxylic acids is 1. The van der Waals surface area contributed by atoms with E-state index >= 15 is 0 Å². The number of hydrogen-bond donors (Lipinski definition) is 1. The summed E-state index contributed by atoms with van der Waals surface area (Å²) in [6.07, 6.45) is 1.54. The summed E-state index contributed by atoms with van der Waals surface area (Å²) >= 11 is 7.23. The molecule has 1 unspecified atom stereocenters. The van der Waals surface area contributed by atoms with E-state index in [0.717, 1.165) is 11.8 Å². The molecule has 0 aliphatic rings. The monoisotopic (exact) mass is 444 g/mol. The van der Waals surface area contributed by atoms with Crippen molar-refractivity contribution in [2.45, 2.75) is 30.8 Å². The van der Waals surface area contributed by atoms with Crippen LogP contribution in [0.2, 0.25) is 5.02 Å². The number of aromatic nitrogens is 3. The van der Waals surface area contributed by atoms with E-state index in [4.69, 9.17) is 20.5 Å². The van der Waals surface area contributed by atoms with Crippen molar-refractivity contribution in [2.24, 2.45) is 0 Å². The Morgan fingerprint density at radius 3 is 2.87 bits per heavy atom. The number of thioether (sulfide) groups is 1. The summed E-state index contributed by atoms with van der Waals surface area (Å²) in [4.78, 5) is 30.3. The van der Waals surface area contributed by atoms with Crippen LogP contribution in [-0.4, -0.2) is 25.9 Å². The number of halogens is 1. The van der Waals surface area contributed by atoms with Gasteiger partial charge in [0.25, 0.3) is 5.56 Å². The maximum atomic E-state index is 13.1. The molecule has 30 heavy (non-hydrogen) atoms. The first-order valence-electron chi connectivity index (χ1n) is 9.04. The number of anilines is 1. The van der Waals surface area contributed by atoms with Gasteiger partial charge in [-0.15, -0.1) is 0 Å². The summed E-state index contributed by atoms with van der Waals surface area (Å²) in [5, 5.41) is 7.13. The van der Waals surface area contributed by atoms with Gasteiger partial charge in [-0.3, -0.25) is 19.5 Å². The number of nitrogens with one attached hydrogen (secondary N) is 1. The highest BCUT2D eigenvalue weighted by Gasteiger charge is 2.21. The molecular weight excluding hydrogens is 428 g/mol. The van der Waals surface area contributed by atoms with Crippen molar-refractivity contribution < 1.29 is 13.7 Å². The molecule has 0 fully saturated rings. The fraction of sp³-hybridized carbons (Fsp3) is 0.200. The highest BCUT2D eigenvalue weighted by molar-refractivity contribution is 8.00. The minimum atomic E-state index is -0.568. The molecule has 10 heteroatoms. The normalized spacial score (nSPS) is 12.2. The first kappa shape index (κ1) is 20.2. The molecule has 3 aromatic heterocycles. The highest BCUT2D eigenvalue weighted by atomic mass is 35.5. The molecule has 1 atom stereocenters. The number of furan rings is 1. The second kappa shape index (κ2) is 8.37. The molecule has 0 bridgehead atoms. The van der Waals surface area contributed by atoms with Gasteiger partial charge >= 0.3 is 0 Å². The van der Waals surface area contributed by atoms with Crippen LogP contribution in [0.5, 0.6) is 0 Å². The SMILES string of the molecule is Cc1cc(NC(=O)C(C)Sc2nc3cc(Cl)ccc3c(=O)n2Cc2ccco2)on1. The van der Waals surface area contributed by atoms with E-state index in [1.165, 1.54) is 10.8 Å². The number of carbonyl (C=O) groups is 1. The maximum Gasteiger partial charge on any atom is 0.262 e. The van der Waals surface area contributed by atoms with Crippen molar-refractivity contribution in [1.29, 1.82) is 0 Å². The van der Waals surface area contributed by atoms with Gasteiger partial charge in [-0.2, -0.15) is 0 Å². The van der Waals surface area contributed by atoms with Gasteiger partial charge in [-0.25, -0.2) is 4.98 Å². The summed E-state index contributed by atoms with van der Waals surface area (Å²) in [5.41, 5.74) is 0.879. The lowest BCUT2D eigenvalue weighted by Gasteiger charge is -2.15. The molecule has 1 amide bonds. The minimum Gasteiger partial charge on any atom is -0.467 e. The Bertz CT molecular complexity index is 1270. The molecule has 0 aliphatic carbocycles. The van der Waals surface area contributed by atoms with Crippen LogP contribution >= 0.6 is 23.4 Å². The van der Waals surface area contributed by atoms with E-state index in [1.807, 2.05) is 0 Å². The van der Waals surface area contributed by atoms with Gasteiger partial charge in [0.05, 0.1) is 34.7 Å². The smallest absolute Gasteiger partial charge is 0.262 e. The van der Waals surface area contributed by atoms with Crippen LogP contribution in [0.3, 0.4) is 0 Å². The quantitative estimate of drug-likeness (QED) is 0.352. The van der Waals surface area contributed by atoms with Gasteiger partial charge in [-0.05, 0) is 44.2 Å². The first-order chi connectivity index (χ1) is 14.4. The third-order valence-electron chi connectivity index (χ3n) is 4.30. The lowest BCUT2D eigenvalue weighted by molar-refractivity contribution is -0.115. The standard InChI is InChI=1S/C20H17ClN4O4S/c1-11-8-17(29-24-11)23-18(26)12(2)30-20-22-16-9-13(21)5-6-15(16)19(27)25(20)10-14-4-3-7-28-14/h3-9,12H,10H2,1-2H3,(H,23,26). The van der Waals surface area contributed by atoms with Crippen molar-refractivity contribution in [2.75, 3.05) is 5.32 Å². The Morgan fingerprint density at radius 1 is 1.33 bits per heavy atom. The van der Waals surface area contributed by atoms with Gasteiger partial charge in [0.1, 0.15) is 5.76 Å². The third-order valence-corrected chi connectivity index (χ3v) is 5.63. The maximum absolute atomic E-state index is 13.1. The van der Waals surface area contributed by atoms with E-state index < -0.39 is 5.25 Å². The predicted molar refractivity (Wildman–Crippen MR) is 114 cm³/mol. The van der Waals surface area contributed by atoms with Crippen molar-refractivity contribution >= 4 is 46.1 Å². The van der Waals surface area contributed by atoms with Crippen molar-refractivity contribution in [1.82, 2.24) is 14.7 Å². The molecule has 3 heterocycles. The van der Waals surface area contributed by atoms with Gasteiger partial charge in [0.15, 0.2) is 5.16 Å². The molecule has 1 aromatic carbocycles. The summed E-state index contributed by atoms with van der Waals surface area (Å²) in [6.45, 7) is 3.67. The van der Waals surface area contributed by atoms with Gasteiger partial charge in [0.2, 0.25) is 11.8 Å². The summed E-state index contributed by atoms with van der Waals surface area (Å²) in [7, 11) is 0. The van der Waals surface area contributed by atoms with Crippen LogP contribution in [0.1, 0.15) is 18.4 Å². The van der Waals surface area contributed by atoms with Crippen molar-refractivity contribution in [3.8, 4) is 0 Å². The molecule has 8 nitrogen and oxygen atoms in total. The topological polar surface area (TPSA) is 103 Å². The highest BCUT2D eigenvalue weighted by Crippen LogP contribution is 2.25. The van der Waals surface area contributed by atoms with Crippen LogP contribution < -0.4 is 10.9 Å². The average Bonchev–Trinajstić information content (AvgIpc) is 3.36. The van der Waals surface area contributed by atoms with Crippen molar-refractivity contribution in [3.63, 3.8) is 0 Å². The number of fused-ring (bicyclic) bond motifs is 1. The molecule has 0 spiro atoms. The van der Waals surface area contributed by atoms with Gasteiger partial charge < -0.3 is 8.94 Å². The zero-order valence-electron chi connectivity index (χ0n) is 16.1. The van der Waals surface area contributed by atoms with Crippen LogP contribution in [-0.2, 0) is 11.3 Å². The zero-order chi connectivity index (χ0) is 21.3. The second-order valence-corrected chi connectivity index (χ2v) is 8.35. The Labute approximate surface area is 180 Å². The van der Waals surface area contributed by atoms with E-state index in [0.29, 0.717) is 32.5 Å². The molecule has 0 saturated carbocycles. The Balaban J connectivity index is 1.68. The predicted octanol–water partition coefficient (Wildman–Crippen LogP) is 4.11. The van der Waals surface area contributed by atoms with E-state index in [9.17, 15) is 9.59 Å². The summed E-state index contributed by atoms with van der Waals surface area (Å²) in [6, 6.07) is 10.1. The summed E-state index contributed by atoms with van der Waals surface area (Å²) < 4.78 is 11.9. The molecular formula is C20H17ClN4O4S. The Kier molecular flexibility index (Phi) is 5.65. The number of rotatable bonds is 6. The van der Waals surface area contributed by atoms with E-state index in [1.54, 1.807) is 50.2 Å². The molecule has 1 N–H and O–H groups in total. The number of nitrogens with zero attached hydrogens (tertiary/aromatic N) is 3. The molecule has 0 saturated heterocycles. The van der Waals surface area contributed by atoms with E-state index in [2.05, 4.69) is 15.5 Å². The van der Waals surface area contributed by atoms with Crippen LogP contribution in [0.25, 0.3) is 10.9 Å². The van der Waals surface area contributed by atoms with Gasteiger partial charge in [0, 0.05) is 11.1 Å². The Morgan fingerprint density at radius 2 is 2.17 bits per heavy atom. The van der Waals surface area contributed by atoms with E-state index in [-0.39, 0.29) is 23.9 Å². The Hall–Kier alpha value is -3.04. The minimum absolute atomic E-state index is 0.190. The number of aryl methyl sites for hydroxylation is 1. The lowest BCUT2D eigenvalue weighted by Crippen LogP contribution is -2.27. The fourth-order valence-corrected chi connectivity index (χ4v) is 3.89. The third kappa shape index (κ3) is 4.27. The molecule has 0 aliphatic heterocycles. The first-order valence-corrected chi connectivity index (χ1v) is 10.3.